The molecule has 19 heavy (non-hydrogen) atoms. The Morgan fingerprint density at radius 2 is 1.89 bits per heavy atom. The molecule has 1 rings (SSSR count). The quantitative estimate of drug-likeness (QED) is 0.642. The Morgan fingerprint density at radius 1 is 1.32 bits per heavy atom. The van der Waals surface area contributed by atoms with Gasteiger partial charge in [-0.1, -0.05) is 0 Å². The van der Waals surface area contributed by atoms with Crippen LogP contribution in [0, 0.1) is 10.1 Å². The zero-order valence-corrected chi connectivity index (χ0v) is 10.8. The summed E-state index contributed by atoms with van der Waals surface area (Å²) in [5.41, 5.74) is 0.00723. The van der Waals surface area contributed by atoms with Gasteiger partial charge in [0, 0.05) is 7.05 Å². The highest BCUT2D eigenvalue weighted by Crippen LogP contribution is 2.34. The molecule has 8 nitrogen and oxygen atoms in total. The van der Waals surface area contributed by atoms with Crippen molar-refractivity contribution >= 4 is 11.8 Å². The van der Waals surface area contributed by atoms with Crippen LogP contribution in [-0.2, 0) is 11.3 Å². The van der Waals surface area contributed by atoms with E-state index in [0.29, 0.717) is 5.75 Å². The molecule has 0 heterocycles. The van der Waals surface area contributed by atoms with Crippen molar-refractivity contribution in [2.45, 2.75) is 6.61 Å². The fourth-order valence-corrected chi connectivity index (χ4v) is 1.41. The number of amides is 1. The molecule has 8 heteroatoms. The largest absolute Gasteiger partial charge is 0.493 e. The second kappa shape index (κ2) is 6.43. The zero-order chi connectivity index (χ0) is 14.4. The van der Waals surface area contributed by atoms with Gasteiger partial charge < -0.3 is 19.5 Å². The Labute approximate surface area is 109 Å². The van der Waals surface area contributed by atoms with Gasteiger partial charge in [0.25, 0.3) is 5.69 Å². The molecular weight excluding hydrogens is 256 g/mol. The Kier molecular flexibility index (Phi) is 4.92. The fourth-order valence-electron chi connectivity index (χ4n) is 1.41. The second-order valence-corrected chi connectivity index (χ2v) is 3.42. The van der Waals surface area contributed by atoms with E-state index in [2.05, 4.69) is 5.32 Å². The SMILES string of the molecule is CNC(=O)OCc1cc(OC)c(OC)cc1[N+](=O)[O-]. The van der Waals surface area contributed by atoms with Gasteiger partial charge in [-0.15, -0.1) is 0 Å². The number of ether oxygens (including phenoxy) is 3. The second-order valence-electron chi connectivity index (χ2n) is 3.42. The molecule has 0 unspecified atom stereocenters. The van der Waals surface area contributed by atoms with Gasteiger partial charge >= 0.3 is 6.09 Å². The summed E-state index contributed by atoms with van der Waals surface area (Å²) in [5.74, 6) is 0.557. The van der Waals surface area contributed by atoms with Crippen LogP contribution >= 0.6 is 0 Å². The van der Waals surface area contributed by atoms with Crippen LogP contribution in [-0.4, -0.2) is 32.3 Å². The van der Waals surface area contributed by atoms with Crippen LogP contribution in [0.3, 0.4) is 0 Å². The van der Waals surface area contributed by atoms with Gasteiger partial charge in [0.05, 0.1) is 30.8 Å². The predicted octanol–water partition coefficient (Wildman–Crippen LogP) is 1.47. The van der Waals surface area contributed by atoms with Crippen LogP contribution in [0.2, 0.25) is 0 Å². The maximum Gasteiger partial charge on any atom is 0.407 e. The van der Waals surface area contributed by atoms with E-state index in [4.69, 9.17) is 14.2 Å². The number of alkyl carbamates (subject to hydrolysis) is 1. The van der Waals surface area contributed by atoms with Gasteiger partial charge in [-0.2, -0.15) is 0 Å². The number of hydrogen-bond donors (Lipinski definition) is 1. The highest BCUT2D eigenvalue weighted by atomic mass is 16.6. The van der Waals surface area contributed by atoms with E-state index in [9.17, 15) is 14.9 Å². The number of nitrogens with zero attached hydrogens (tertiary/aromatic N) is 1. The van der Waals surface area contributed by atoms with Crippen LogP contribution < -0.4 is 14.8 Å². The van der Waals surface area contributed by atoms with E-state index >= 15 is 0 Å². The van der Waals surface area contributed by atoms with Gasteiger partial charge in [-0.3, -0.25) is 10.1 Å². The fraction of sp³-hybridized carbons (Fsp3) is 0.364. The van der Waals surface area contributed by atoms with Crippen molar-refractivity contribution in [3.63, 3.8) is 0 Å². The lowest BCUT2D eigenvalue weighted by molar-refractivity contribution is -0.385. The molecule has 0 atom stereocenters. The Balaban J connectivity index is 3.12. The van der Waals surface area contributed by atoms with Crippen molar-refractivity contribution in [2.24, 2.45) is 0 Å². The van der Waals surface area contributed by atoms with E-state index in [-0.39, 0.29) is 23.6 Å². The van der Waals surface area contributed by atoms with E-state index < -0.39 is 11.0 Å². The predicted molar refractivity (Wildman–Crippen MR) is 65.4 cm³/mol. The first-order valence-corrected chi connectivity index (χ1v) is 5.27. The summed E-state index contributed by atoms with van der Waals surface area (Å²) in [6, 6.07) is 2.63. The minimum Gasteiger partial charge on any atom is -0.493 e. The summed E-state index contributed by atoms with van der Waals surface area (Å²) in [7, 11) is 4.18. The lowest BCUT2D eigenvalue weighted by atomic mass is 10.1. The number of nitrogens with one attached hydrogen (secondary N) is 1. The molecule has 1 amide bonds. The van der Waals surface area contributed by atoms with Crippen molar-refractivity contribution in [3.8, 4) is 11.5 Å². The number of carbonyl (C=O) groups excluding carboxylic acids is 1. The van der Waals surface area contributed by atoms with Gasteiger partial charge in [-0.05, 0) is 6.07 Å². The Hall–Kier alpha value is -2.51. The third-order valence-corrected chi connectivity index (χ3v) is 2.34. The summed E-state index contributed by atoms with van der Waals surface area (Å²) in [6.07, 6.45) is -0.677. The number of benzene rings is 1. The number of nitro groups is 1. The van der Waals surface area contributed by atoms with Crippen molar-refractivity contribution < 1.29 is 23.9 Å². The molecule has 0 aliphatic heterocycles. The molecule has 0 spiro atoms. The van der Waals surface area contributed by atoms with Gasteiger partial charge in [0.2, 0.25) is 0 Å². The Morgan fingerprint density at radius 3 is 2.37 bits per heavy atom. The normalized spacial score (nSPS) is 9.63. The first-order chi connectivity index (χ1) is 9.03. The first-order valence-electron chi connectivity index (χ1n) is 5.27. The average molecular weight is 270 g/mol. The van der Waals surface area contributed by atoms with Crippen molar-refractivity contribution in [2.75, 3.05) is 21.3 Å². The minimum absolute atomic E-state index is 0.207. The van der Waals surface area contributed by atoms with E-state index in [1.165, 1.54) is 33.4 Å². The average Bonchev–Trinajstić information content (AvgIpc) is 2.43. The van der Waals surface area contributed by atoms with Gasteiger partial charge in [-0.25, -0.2) is 4.79 Å². The van der Waals surface area contributed by atoms with Crippen LogP contribution in [0.4, 0.5) is 10.5 Å². The maximum absolute atomic E-state index is 11.0. The first kappa shape index (κ1) is 14.6. The molecule has 104 valence electrons. The summed E-state index contributed by atoms with van der Waals surface area (Å²) in [5, 5.41) is 13.2. The van der Waals surface area contributed by atoms with Crippen LogP contribution in [0.5, 0.6) is 11.5 Å². The molecule has 0 saturated heterocycles. The molecule has 0 saturated carbocycles. The number of carbonyl (C=O) groups is 1. The molecular formula is C11H14N2O6. The summed E-state index contributed by atoms with van der Waals surface area (Å²) in [6.45, 7) is -0.240. The third kappa shape index (κ3) is 3.47. The summed E-state index contributed by atoms with van der Waals surface area (Å²) in [4.78, 5) is 21.4. The molecule has 0 aromatic heterocycles. The van der Waals surface area contributed by atoms with Crippen LogP contribution in [0.15, 0.2) is 12.1 Å². The summed E-state index contributed by atoms with van der Waals surface area (Å²) >= 11 is 0. The molecule has 0 radical (unpaired) electrons. The van der Waals surface area contributed by atoms with E-state index in [0.717, 1.165) is 0 Å². The molecule has 0 aliphatic carbocycles. The van der Waals surface area contributed by atoms with Crippen molar-refractivity contribution in [3.05, 3.63) is 27.8 Å². The molecule has 0 aliphatic rings. The Bertz CT molecular complexity index is 488. The van der Waals surface area contributed by atoms with Crippen LogP contribution in [0.1, 0.15) is 5.56 Å². The molecule has 0 fully saturated rings. The van der Waals surface area contributed by atoms with Gasteiger partial charge in [0.1, 0.15) is 6.61 Å². The maximum atomic E-state index is 11.0. The lowest BCUT2D eigenvalue weighted by Crippen LogP contribution is -2.19. The molecule has 1 aromatic rings. The monoisotopic (exact) mass is 270 g/mol. The number of hydrogen-bond acceptors (Lipinski definition) is 6. The number of nitro benzene ring substituents is 1. The summed E-state index contributed by atoms with van der Waals surface area (Å²) < 4.78 is 14.8. The standard InChI is InChI=1S/C11H14N2O6/c1-12-11(14)19-6-7-4-9(17-2)10(18-3)5-8(7)13(15)16/h4-5H,6H2,1-3H3,(H,12,14). The van der Waals surface area contributed by atoms with E-state index in [1.54, 1.807) is 0 Å². The van der Waals surface area contributed by atoms with Crippen molar-refractivity contribution in [1.29, 1.82) is 0 Å². The van der Waals surface area contributed by atoms with E-state index in [1.807, 2.05) is 0 Å². The topological polar surface area (TPSA) is 99.9 Å². The molecule has 1 N–H and O–H groups in total. The third-order valence-electron chi connectivity index (χ3n) is 2.34. The smallest absolute Gasteiger partial charge is 0.407 e. The highest BCUT2D eigenvalue weighted by Gasteiger charge is 2.20. The van der Waals surface area contributed by atoms with Crippen molar-refractivity contribution in [1.82, 2.24) is 5.32 Å². The number of rotatable bonds is 5. The molecule has 1 aromatic carbocycles. The molecule has 0 bridgehead atoms. The number of methoxy groups -OCH3 is 2. The lowest BCUT2D eigenvalue weighted by Gasteiger charge is -2.10. The zero-order valence-electron chi connectivity index (χ0n) is 10.8. The van der Waals surface area contributed by atoms with Crippen LogP contribution in [0.25, 0.3) is 0 Å². The van der Waals surface area contributed by atoms with Gasteiger partial charge in [0.15, 0.2) is 11.5 Å². The highest BCUT2D eigenvalue weighted by molar-refractivity contribution is 5.67. The minimum atomic E-state index is -0.677.